The molecular weight excluding hydrogens is 356 g/mol. The van der Waals surface area contributed by atoms with Crippen LogP contribution in [0.2, 0.25) is 0 Å². The van der Waals surface area contributed by atoms with Gasteiger partial charge in [-0.1, -0.05) is 48.5 Å². The number of halogens is 2. The number of hydrogen-bond donors (Lipinski definition) is 0. The van der Waals surface area contributed by atoms with Crippen LogP contribution >= 0.6 is 0 Å². The van der Waals surface area contributed by atoms with Crippen molar-refractivity contribution >= 4 is 0 Å². The molecule has 0 aliphatic rings. The first kappa shape index (κ1) is 31.8. The van der Waals surface area contributed by atoms with Crippen LogP contribution in [-0.4, -0.2) is 5.54 Å². The average Bonchev–Trinajstić information content (AvgIpc) is 2.34. The van der Waals surface area contributed by atoms with E-state index in [1.165, 1.54) is 22.3 Å². The van der Waals surface area contributed by atoms with Crippen LogP contribution in [0.25, 0.3) is 5.73 Å². The molecule has 0 saturated heterocycles. The van der Waals surface area contributed by atoms with Crippen molar-refractivity contribution in [3.63, 3.8) is 0 Å². The third-order valence-electron chi connectivity index (χ3n) is 2.18. The van der Waals surface area contributed by atoms with Crippen molar-refractivity contribution in [2.75, 3.05) is 0 Å². The maximum atomic E-state index is 6.94. The molecule has 1 N–H and O–H groups in total. The molecule has 0 spiro atoms. The molecule has 0 aromatic heterocycles. The van der Waals surface area contributed by atoms with E-state index in [0.29, 0.717) is 0 Å². The molecule has 110 valence electrons. The van der Waals surface area contributed by atoms with Crippen LogP contribution in [-0.2, 0) is 26.2 Å². The van der Waals surface area contributed by atoms with Gasteiger partial charge in [0.05, 0.1) is 0 Å². The van der Waals surface area contributed by atoms with E-state index in [1.807, 2.05) is 20.8 Å². The third-order valence-corrected chi connectivity index (χ3v) is 2.18. The van der Waals surface area contributed by atoms with Gasteiger partial charge in [0, 0.05) is 0 Å². The zero-order valence-electron chi connectivity index (χ0n) is 13.2. The summed E-state index contributed by atoms with van der Waals surface area (Å²) in [4.78, 5) is 0. The number of aryl methyl sites for hydroxylation is 2. The van der Waals surface area contributed by atoms with Gasteiger partial charge in [-0.3, -0.25) is 0 Å². The van der Waals surface area contributed by atoms with Gasteiger partial charge in [0.15, 0.2) is 0 Å². The quantitative estimate of drug-likeness (QED) is 0.417. The van der Waals surface area contributed by atoms with Crippen molar-refractivity contribution in [2.24, 2.45) is 0 Å². The van der Waals surface area contributed by atoms with E-state index in [2.05, 4.69) is 46.9 Å². The SMILES string of the molecule is C=C.CC(C)(C)[NH-].Cc1c[c-](C)c(C)c1C.[Cl-].[Cl-].[Zr+4]. The Morgan fingerprint density at radius 3 is 1.37 bits per heavy atom. The summed E-state index contributed by atoms with van der Waals surface area (Å²) < 4.78 is 0. The largest absolute Gasteiger partial charge is 4.00 e. The van der Waals surface area contributed by atoms with Crippen LogP contribution in [0.15, 0.2) is 19.2 Å². The summed E-state index contributed by atoms with van der Waals surface area (Å²) in [6.45, 7) is 20.2. The summed E-state index contributed by atoms with van der Waals surface area (Å²) in [5, 5.41) is 0. The fourth-order valence-corrected chi connectivity index (χ4v) is 1.13. The van der Waals surface area contributed by atoms with Crippen molar-refractivity contribution in [1.82, 2.24) is 0 Å². The molecule has 0 aliphatic heterocycles. The van der Waals surface area contributed by atoms with Gasteiger partial charge in [-0.2, -0.15) is 28.3 Å². The third kappa shape index (κ3) is 18.5. The van der Waals surface area contributed by atoms with E-state index in [9.17, 15) is 0 Å². The van der Waals surface area contributed by atoms with Gasteiger partial charge in [-0.15, -0.1) is 18.7 Å². The minimum Gasteiger partial charge on any atom is -1.00 e. The zero-order chi connectivity index (χ0) is 13.5. The smallest absolute Gasteiger partial charge is 1.00 e. The average molecular weight is 384 g/mol. The van der Waals surface area contributed by atoms with E-state index < -0.39 is 0 Å². The molecule has 1 rings (SSSR count). The summed E-state index contributed by atoms with van der Waals surface area (Å²) in [6, 6.07) is 2.24. The van der Waals surface area contributed by atoms with Crippen molar-refractivity contribution in [1.29, 1.82) is 0 Å². The molecule has 4 heteroatoms. The normalized spacial score (nSPS) is 8.21. The van der Waals surface area contributed by atoms with Gasteiger partial charge in [-0.25, -0.2) is 0 Å². The van der Waals surface area contributed by atoms with Gasteiger partial charge in [-0.05, 0) is 0 Å². The molecule has 0 heterocycles. The number of nitrogens with one attached hydrogen (secondary N) is 1. The molecule has 0 unspecified atom stereocenters. The summed E-state index contributed by atoms with van der Waals surface area (Å²) in [7, 11) is 0. The predicted molar refractivity (Wildman–Crippen MR) is 76.3 cm³/mol. The fraction of sp³-hybridized carbons (Fsp3) is 0.533. The van der Waals surface area contributed by atoms with Crippen molar-refractivity contribution < 1.29 is 51.0 Å². The van der Waals surface area contributed by atoms with Gasteiger partial charge in [0.1, 0.15) is 0 Å². The van der Waals surface area contributed by atoms with E-state index in [-0.39, 0.29) is 56.6 Å². The minimum atomic E-state index is -0.250. The van der Waals surface area contributed by atoms with Crippen molar-refractivity contribution in [2.45, 2.75) is 54.0 Å². The van der Waals surface area contributed by atoms with Crippen LogP contribution in [0.1, 0.15) is 43.0 Å². The second-order valence-electron chi connectivity index (χ2n) is 5.01. The van der Waals surface area contributed by atoms with Crippen LogP contribution in [0.3, 0.4) is 0 Å². The van der Waals surface area contributed by atoms with Crippen LogP contribution in [0, 0.1) is 27.7 Å². The summed E-state index contributed by atoms with van der Waals surface area (Å²) in [6.07, 6.45) is 0. The molecule has 0 fully saturated rings. The fourth-order valence-electron chi connectivity index (χ4n) is 1.13. The monoisotopic (exact) mass is 381 g/mol. The van der Waals surface area contributed by atoms with E-state index in [0.717, 1.165) is 0 Å². The van der Waals surface area contributed by atoms with Gasteiger partial charge in [0.25, 0.3) is 0 Å². The van der Waals surface area contributed by atoms with Crippen LogP contribution < -0.4 is 24.8 Å². The van der Waals surface area contributed by atoms with E-state index >= 15 is 0 Å². The first-order chi connectivity index (χ1) is 7.13. The number of rotatable bonds is 0. The van der Waals surface area contributed by atoms with Crippen molar-refractivity contribution in [3.8, 4) is 0 Å². The second kappa shape index (κ2) is 14.9. The van der Waals surface area contributed by atoms with Gasteiger partial charge >= 0.3 is 26.2 Å². The Labute approximate surface area is 151 Å². The van der Waals surface area contributed by atoms with Crippen LogP contribution in [0.4, 0.5) is 0 Å². The van der Waals surface area contributed by atoms with Gasteiger partial charge in [0.2, 0.25) is 0 Å². The summed E-state index contributed by atoms with van der Waals surface area (Å²) in [5.41, 5.74) is 12.4. The molecular formula is C15H27Cl2NZr. The Morgan fingerprint density at radius 1 is 1.05 bits per heavy atom. The Balaban J connectivity index is -0.0000000581. The second-order valence-corrected chi connectivity index (χ2v) is 5.01. The molecule has 1 aromatic carbocycles. The Hall–Kier alpha value is 0.513. The minimum absolute atomic E-state index is 0. The molecule has 0 amide bonds. The molecule has 0 atom stereocenters. The van der Waals surface area contributed by atoms with E-state index in [4.69, 9.17) is 5.73 Å². The van der Waals surface area contributed by atoms with Crippen molar-refractivity contribution in [3.05, 3.63) is 47.2 Å². The van der Waals surface area contributed by atoms with Gasteiger partial charge < -0.3 is 30.5 Å². The molecule has 0 radical (unpaired) electrons. The topological polar surface area (TPSA) is 23.8 Å². The standard InChI is InChI=1S/C9H13.C4H10N.C2H4.2ClH.Zr/c1-6-5-7(2)9(4)8(6)3;1-4(2,3)5;1-2;;;/h5H,1-4H3;5H,1-3H3;1-2H2;2*1H;/q2*-1;;;;+4/p-2. The zero-order valence-corrected chi connectivity index (χ0v) is 17.2. The first-order valence-corrected chi connectivity index (χ1v) is 5.58. The molecule has 0 saturated carbocycles. The molecule has 19 heavy (non-hydrogen) atoms. The number of hydrogen-bond acceptors (Lipinski definition) is 0. The Bertz CT molecular complexity index is 286. The predicted octanol–water partition coefficient (Wildman–Crippen LogP) is -0.716. The molecule has 0 bridgehead atoms. The summed E-state index contributed by atoms with van der Waals surface area (Å²) in [5.74, 6) is 0. The summed E-state index contributed by atoms with van der Waals surface area (Å²) >= 11 is 0. The molecule has 1 nitrogen and oxygen atoms in total. The van der Waals surface area contributed by atoms with E-state index in [1.54, 1.807) is 0 Å². The molecule has 0 aliphatic carbocycles. The molecule has 1 aromatic rings. The first-order valence-electron chi connectivity index (χ1n) is 5.58. The van der Waals surface area contributed by atoms with Crippen LogP contribution in [0.5, 0.6) is 0 Å². The Morgan fingerprint density at radius 2 is 1.32 bits per heavy atom. The Kier molecular flexibility index (Phi) is 24.9. The maximum absolute atomic E-state index is 6.94. The maximum Gasteiger partial charge on any atom is 4.00 e.